The number of nitrogens with one attached hydrogen (secondary N) is 1. The number of carbonyl (C=O) groups excluding carboxylic acids is 1. The lowest BCUT2D eigenvalue weighted by atomic mass is 10.0. The van der Waals surface area contributed by atoms with E-state index in [-0.39, 0.29) is 5.91 Å². The molecule has 0 unspecified atom stereocenters. The molecular weight excluding hydrogens is 430 g/mol. The van der Waals surface area contributed by atoms with Crippen LogP contribution in [0.3, 0.4) is 0 Å². The Labute approximate surface area is 159 Å². The lowest BCUT2D eigenvalue weighted by Gasteiger charge is -2.19. The first-order valence-corrected chi connectivity index (χ1v) is 8.86. The average molecular weight is 446 g/mol. The van der Waals surface area contributed by atoms with Crippen LogP contribution in [0.4, 0.5) is 4.39 Å². The molecule has 1 heterocycles. The van der Waals surface area contributed by atoms with E-state index in [1.807, 2.05) is 72.0 Å². The number of benzene rings is 2. The summed E-state index contributed by atoms with van der Waals surface area (Å²) in [5.74, 6) is -0.768. The molecule has 0 saturated heterocycles. The molecule has 3 nitrogen and oxygen atoms in total. The van der Waals surface area contributed by atoms with Crippen molar-refractivity contribution in [1.82, 2.24) is 10.3 Å². The summed E-state index contributed by atoms with van der Waals surface area (Å²) in [6, 6.07) is 17.2. The first kappa shape index (κ1) is 17.5. The molecule has 126 valence electrons. The number of amides is 1. The smallest absolute Gasteiger partial charge is 0.253 e. The number of hydrogen-bond acceptors (Lipinski definition) is 2. The van der Waals surface area contributed by atoms with Crippen LogP contribution in [0.2, 0.25) is 0 Å². The summed E-state index contributed by atoms with van der Waals surface area (Å²) in [6.45, 7) is 2.01. The molecule has 3 aromatic rings. The van der Waals surface area contributed by atoms with Crippen LogP contribution in [-0.4, -0.2) is 10.9 Å². The lowest BCUT2D eigenvalue weighted by molar-refractivity contribution is 0.0941. The van der Waals surface area contributed by atoms with Crippen molar-refractivity contribution in [2.24, 2.45) is 0 Å². The van der Waals surface area contributed by atoms with Gasteiger partial charge in [0.2, 0.25) is 0 Å². The predicted octanol–water partition coefficient (Wildman–Crippen LogP) is 4.65. The second-order valence-electron chi connectivity index (χ2n) is 5.70. The molecule has 1 aromatic heterocycles. The first-order valence-electron chi connectivity index (χ1n) is 7.78. The summed E-state index contributed by atoms with van der Waals surface area (Å²) in [5, 5.41) is 2.98. The van der Waals surface area contributed by atoms with Gasteiger partial charge in [0, 0.05) is 9.77 Å². The molecule has 0 aliphatic carbocycles. The van der Waals surface area contributed by atoms with E-state index in [0.717, 1.165) is 16.8 Å². The van der Waals surface area contributed by atoms with Crippen molar-refractivity contribution in [3.63, 3.8) is 0 Å². The molecule has 0 radical (unpaired) electrons. The molecule has 1 amide bonds. The van der Waals surface area contributed by atoms with E-state index in [0.29, 0.717) is 9.13 Å². The molecule has 2 aromatic carbocycles. The Balaban J connectivity index is 1.96. The van der Waals surface area contributed by atoms with Gasteiger partial charge in [-0.2, -0.15) is 0 Å². The van der Waals surface area contributed by atoms with Gasteiger partial charge in [-0.15, -0.1) is 0 Å². The standard InChI is InChI=1S/C20H16FIN2O/c1-13-5-7-14(8-6-13)19(18-4-2-3-11-23-18)24-20(25)16-12-15(21)9-10-17(16)22/h2-12,19H,1H3,(H,24,25)/t19-/m0/s1. The van der Waals surface area contributed by atoms with E-state index in [1.54, 1.807) is 12.3 Å². The third-order valence-corrected chi connectivity index (χ3v) is 4.78. The zero-order chi connectivity index (χ0) is 17.8. The zero-order valence-electron chi connectivity index (χ0n) is 13.5. The number of pyridine rings is 1. The van der Waals surface area contributed by atoms with Gasteiger partial charge in [0.1, 0.15) is 5.82 Å². The normalized spacial score (nSPS) is 11.8. The summed E-state index contributed by atoms with van der Waals surface area (Å²) in [6.07, 6.45) is 1.69. The van der Waals surface area contributed by atoms with Crippen LogP contribution in [0, 0.1) is 16.3 Å². The van der Waals surface area contributed by atoms with Gasteiger partial charge in [0.15, 0.2) is 0 Å². The Kier molecular flexibility index (Phi) is 5.43. The number of nitrogens with zero attached hydrogens (tertiary/aromatic N) is 1. The molecule has 1 atom stereocenters. The summed E-state index contributed by atoms with van der Waals surface area (Å²) in [5.41, 5.74) is 3.10. The monoisotopic (exact) mass is 446 g/mol. The van der Waals surface area contributed by atoms with Crippen molar-refractivity contribution in [1.29, 1.82) is 0 Å². The van der Waals surface area contributed by atoms with E-state index in [4.69, 9.17) is 0 Å². The predicted molar refractivity (Wildman–Crippen MR) is 104 cm³/mol. The van der Waals surface area contributed by atoms with Gasteiger partial charge in [0.25, 0.3) is 5.91 Å². The second-order valence-corrected chi connectivity index (χ2v) is 6.86. The Morgan fingerprint density at radius 2 is 1.88 bits per heavy atom. The van der Waals surface area contributed by atoms with Crippen molar-refractivity contribution in [3.05, 3.63) is 98.6 Å². The maximum absolute atomic E-state index is 13.5. The minimum Gasteiger partial charge on any atom is -0.340 e. The molecule has 3 rings (SSSR count). The number of aromatic nitrogens is 1. The lowest BCUT2D eigenvalue weighted by Crippen LogP contribution is -2.30. The minimum absolute atomic E-state index is 0.314. The first-order chi connectivity index (χ1) is 12.0. The van der Waals surface area contributed by atoms with Crippen LogP contribution in [0.5, 0.6) is 0 Å². The van der Waals surface area contributed by atoms with Crippen LogP contribution in [-0.2, 0) is 0 Å². The Bertz CT molecular complexity index is 882. The molecule has 0 bridgehead atoms. The zero-order valence-corrected chi connectivity index (χ0v) is 15.7. The molecule has 0 spiro atoms. The molecule has 25 heavy (non-hydrogen) atoms. The van der Waals surface area contributed by atoms with Crippen molar-refractivity contribution in [3.8, 4) is 0 Å². The highest BCUT2D eigenvalue weighted by Crippen LogP contribution is 2.22. The number of aryl methyl sites for hydroxylation is 1. The minimum atomic E-state index is -0.435. The van der Waals surface area contributed by atoms with Crippen LogP contribution in [0.15, 0.2) is 66.9 Å². The topological polar surface area (TPSA) is 42.0 Å². The van der Waals surface area contributed by atoms with E-state index in [2.05, 4.69) is 10.3 Å². The highest BCUT2D eigenvalue weighted by atomic mass is 127. The summed E-state index contributed by atoms with van der Waals surface area (Å²) >= 11 is 2.03. The Hall–Kier alpha value is -2.28. The number of carbonyl (C=O) groups is 1. The van der Waals surface area contributed by atoms with Crippen molar-refractivity contribution in [2.45, 2.75) is 13.0 Å². The molecule has 5 heteroatoms. The van der Waals surface area contributed by atoms with E-state index < -0.39 is 11.9 Å². The van der Waals surface area contributed by atoms with Gasteiger partial charge in [0.05, 0.1) is 17.3 Å². The van der Waals surface area contributed by atoms with Gasteiger partial charge in [-0.1, -0.05) is 35.9 Å². The Morgan fingerprint density at radius 3 is 2.56 bits per heavy atom. The maximum Gasteiger partial charge on any atom is 0.253 e. The number of halogens is 2. The van der Waals surface area contributed by atoms with Crippen molar-refractivity contribution in [2.75, 3.05) is 0 Å². The number of rotatable bonds is 4. The van der Waals surface area contributed by atoms with Crippen LogP contribution < -0.4 is 5.32 Å². The third kappa shape index (κ3) is 4.22. The van der Waals surface area contributed by atoms with E-state index in [1.165, 1.54) is 12.1 Å². The summed E-state index contributed by atoms with van der Waals surface area (Å²) in [4.78, 5) is 17.1. The molecule has 1 N–H and O–H groups in total. The highest BCUT2D eigenvalue weighted by Gasteiger charge is 2.20. The van der Waals surface area contributed by atoms with Crippen molar-refractivity contribution < 1.29 is 9.18 Å². The largest absolute Gasteiger partial charge is 0.340 e. The van der Waals surface area contributed by atoms with Crippen LogP contribution in [0.1, 0.15) is 33.2 Å². The molecule has 0 fully saturated rings. The average Bonchev–Trinajstić information content (AvgIpc) is 2.63. The van der Waals surface area contributed by atoms with Crippen LogP contribution in [0.25, 0.3) is 0 Å². The van der Waals surface area contributed by atoms with Crippen LogP contribution >= 0.6 is 22.6 Å². The maximum atomic E-state index is 13.5. The molecule has 0 aliphatic rings. The van der Waals surface area contributed by atoms with Gasteiger partial charge >= 0.3 is 0 Å². The SMILES string of the molecule is Cc1ccc([C@H](NC(=O)c2cc(F)ccc2I)c2ccccn2)cc1. The summed E-state index contributed by atoms with van der Waals surface area (Å²) < 4.78 is 14.2. The highest BCUT2D eigenvalue weighted by molar-refractivity contribution is 14.1. The van der Waals surface area contributed by atoms with Gasteiger partial charge in [-0.05, 0) is 65.4 Å². The fourth-order valence-corrected chi connectivity index (χ4v) is 3.09. The van der Waals surface area contributed by atoms with Gasteiger partial charge in [-0.25, -0.2) is 4.39 Å². The van der Waals surface area contributed by atoms with E-state index >= 15 is 0 Å². The van der Waals surface area contributed by atoms with Gasteiger partial charge < -0.3 is 5.32 Å². The van der Waals surface area contributed by atoms with Gasteiger partial charge in [-0.3, -0.25) is 9.78 Å². The quantitative estimate of drug-likeness (QED) is 0.593. The summed E-state index contributed by atoms with van der Waals surface area (Å²) in [7, 11) is 0. The fraction of sp³-hybridized carbons (Fsp3) is 0.100. The molecule has 0 saturated carbocycles. The van der Waals surface area contributed by atoms with Crippen molar-refractivity contribution >= 4 is 28.5 Å². The second kappa shape index (κ2) is 7.74. The number of hydrogen-bond donors (Lipinski definition) is 1. The fourth-order valence-electron chi connectivity index (χ4n) is 2.51. The van der Waals surface area contributed by atoms with E-state index in [9.17, 15) is 9.18 Å². The Morgan fingerprint density at radius 1 is 1.12 bits per heavy atom. The molecule has 0 aliphatic heterocycles. The molecular formula is C20H16FIN2O. The third-order valence-electron chi connectivity index (χ3n) is 3.84.